The number of carbonyl (C=O) groups is 1. The fourth-order valence-electron chi connectivity index (χ4n) is 3.09. The number of hydrogen-bond donors (Lipinski definition) is 0. The van der Waals surface area contributed by atoms with Crippen molar-refractivity contribution < 1.29 is 9.53 Å². The monoisotopic (exact) mass is 383 g/mol. The summed E-state index contributed by atoms with van der Waals surface area (Å²) < 4.78 is 6.67. The number of pyridine rings is 2. The van der Waals surface area contributed by atoms with Gasteiger partial charge in [0.15, 0.2) is 0 Å². The van der Waals surface area contributed by atoms with Gasteiger partial charge in [0.05, 0.1) is 53.6 Å². The third kappa shape index (κ3) is 3.82. The maximum atomic E-state index is 11.7. The molecule has 3 aromatic heterocycles. The average Bonchev–Trinajstić information content (AvgIpc) is 3.19. The lowest BCUT2D eigenvalue weighted by Crippen LogP contribution is -2.03. The molecule has 0 amide bonds. The van der Waals surface area contributed by atoms with Gasteiger partial charge in [-0.3, -0.25) is 14.6 Å². The van der Waals surface area contributed by atoms with E-state index < -0.39 is 5.97 Å². The molecule has 0 aliphatic heterocycles. The number of fused-ring (bicyclic) bond motifs is 1. The number of hydrogen-bond acceptors (Lipinski definition) is 6. The van der Waals surface area contributed by atoms with Crippen molar-refractivity contribution in [1.82, 2.24) is 19.7 Å². The number of benzene rings is 1. The number of nitrogens with zero attached hydrogens (tertiary/aromatic N) is 5. The quantitative estimate of drug-likeness (QED) is 0.490. The Balaban J connectivity index is 1.56. The fourth-order valence-corrected chi connectivity index (χ4v) is 3.09. The van der Waals surface area contributed by atoms with E-state index in [0.29, 0.717) is 29.1 Å². The highest BCUT2D eigenvalue weighted by Crippen LogP contribution is 2.21. The number of methoxy groups -OCH3 is 1. The first kappa shape index (κ1) is 18.3. The predicted octanol–water partition coefficient (Wildman–Crippen LogP) is 3.39. The minimum atomic E-state index is -0.412. The van der Waals surface area contributed by atoms with E-state index in [9.17, 15) is 4.79 Å². The van der Waals surface area contributed by atoms with Gasteiger partial charge in [-0.25, -0.2) is 4.79 Å². The van der Waals surface area contributed by atoms with E-state index in [1.54, 1.807) is 30.7 Å². The highest BCUT2D eigenvalue weighted by atomic mass is 16.5. The minimum absolute atomic E-state index is 0.412. The van der Waals surface area contributed by atoms with Crippen LogP contribution in [0.3, 0.4) is 0 Å². The second kappa shape index (κ2) is 7.90. The number of aromatic nitrogens is 4. The van der Waals surface area contributed by atoms with E-state index in [2.05, 4.69) is 21.1 Å². The summed E-state index contributed by atoms with van der Waals surface area (Å²) in [4.78, 5) is 20.5. The molecule has 7 heteroatoms. The van der Waals surface area contributed by atoms with Crippen LogP contribution < -0.4 is 0 Å². The lowest BCUT2D eigenvalue weighted by molar-refractivity contribution is 0.0600. The summed E-state index contributed by atoms with van der Waals surface area (Å²) in [6.45, 7) is 0.701. The summed E-state index contributed by atoms with van der Waals surface area (Å²) >= 11 is 0. The molecule has 0 unspecified atom stereocenters. The average molecular weight is 383 g/mol. The molecular formula is C22H17N5O2. The van der Waals surface area contributed by atoms with Crippen LogP contribution in [0, 0.1) is 11.3 Å². The Morgan fingerprint density at radius 1 is 1.10 bits per heavy atom. The Morgan fingerprint density at radius 3 is 2.66 bits per heavy atom. The molecule has 4 aromatic rings. The van der Waals surface area contributed by atoms with Crippen molar-refractivity contribution in [3.8, 4) is 17.5 Å². The van der Waals surface area contributed by atoms with Gasteiger partial charge in [0.2, 0.25) is 0 Å². The molecule has 0 radical (unpaired) electrons. The molecule has 0 spiro atoms. The maximum absolute atomic E-state index is 11.7. The lowest BCUT2D eigenvalue weighted by Gasteiger charge is -2.06. The molecule has 3 heterocycles. The lowest BCUT2D eigenvalue weighted by atomic mass is 10.1. The number of aryl methyl sites for hydroxylation is 2. The first-order valence-electron chi connectivity index (χ1n) is 9.03. The van der Waals surface area contributed by atoms with Gasteiger partial charge in [-0.05, 0) is 42.3 Å². The maximum Gasteiger partial charge on any atom is 0.337 e. The predicted molar refractivity (Wildman–Crippen MR) is 107 cm³/mol. The number of nitriles is 1. The molecule has 0 atom stereocenters. The molecule has 0 N–H and O–H groups in total. The molecule has 4 rings (SSSR count). The van der Waals surface area contributed by atoms with E-state index in [0.717, 1.165) is 22.9 Å². The summed E-state index contributed by atoms with van der Waals surface area (Å²) in [5.41, 5.74) is 4.40. The standard InChI is InChI=1S/C22H17N5O2/c1-29-22(28)17-6-8-24-19(10-17)20-11-18-13-26-27(21(18)14-25-20)9-7-15-2-4-16(12-23)5-3-15/h2-6,8,10-11,13-14H,7,9H2,1H3. The van der Waals surface area contributed by atoms with E-state index >= 15 is 0 Å². The highest BCUT2D eigenvalue weighted by Gasteiger charge is 2.11. The zero-order valence-corrected chi connectivity index (χ0v) is 15.7. The Bertz CT molecular complexity index is 1220. The summed E-state index contributed by atoms with van der Waals surface area (Å²) in [5.74, 6) is -0.412. The third-order valence-electron chi connectivity index (χ3n) is 4.67. The van der Waals surface area contributed by atoms with Crippen LogP contribution in [-0.4, -0.2) is 32.8 Å². The van der Waals surface area contributed by atoms with E-state index in [1.165, 1.54) is 7.11 Å². The topological polar surface area (TPSA) is 93.7 Å². The first-order valence-corrected chi connectivity index (χ1v) is 9.03. The summed E-state index contributed by atoms with van der Waals surface area (Å²) in [7, 11) is 1.35. The Hall–Kier alpha value is -4.05. The van der Waals surface area contributed by atoms with Crippen molar-refractivity contribution in [2.45, 2.75) is 13.0 Å². The second-order valence-corrected chi connectivity index (χ2v) is 6.48. The van der Waals surface area contributed by atoms with E-state index in [4.69, 9.17) is 10.00 Å². The summed E-state index contributed by atoms with van der Waals surface area (Å²) in [6.07, 6.45) is 5.92. The Labute approximate surface area is 167 Å². The highest BCUT2D eigenvalue weighted by molar-refractivity contribution is 5.90. The van der Waals surface area contributed by atoms with Crippen LogP contribution in [0.1, 0.15) is 21.5 Å². The van der Waals surface area contributed by atoms with Gasteiger partial charge < -0.3 is 4.74 Å². The van der Waals surface area contributed by atoms with Crippen LogP contribution in [0.25, 0.3) is 22.3 Å². The molecule has 29 heavy (non-hydrogen) atoms. The summed E-state index contributed by atoms with van der Waals surface area (Å²) in [6, 6.07) is 14.9. The third-order valence-corrected chi connectivity index (χ3v) is 4.67. The van der Waals surface area contributed by atoms with Crippen molar-refractivity contribution in [1.29, 1.82) is 5.26 Å². The molecule has 0 aliphatic carbocycles. The normalized spacial score (nSPS) is 10.6. The van der Waals surface area contributed by atoms with Gasteiger partial charge in [0.1, 0.15) is 0 Å². The molecule has 0 fully saturated rings. The molecule has 0 saturated carbocycles. The van der Waals surface area contributed by atoms with Crippen molar-refractivity contribution in [2.75, 3.05) is 7.11 Å². The molecule has 0 saturated heterocycles. The van der Waals surface area contributed by atoms with Crippen LogP contribution in [-0.2, 0) is 17.7 Å². The van der Waals surface area contributed by atoms with Crippen molar-refractivity contribution in [2.24, 2.45) is 0 Å². The van der Waals surface area contributed by atoms with Crippen LogP contribution in [0.4, 0.5) is 0 Å². The molecule has 0 bridgehead atoms. The number of esters is 1. The molecule has 142 valence electrons. The molecule has 7 nitrogen and oxygen atoms in total. The van der Waals surface area contributed by atoms with Gasteiger partial charge in [-0.15, -0.1) is 0 Å². The molecule has 1 aromatic carbocycles. The Kier molecular flexibility index (Phi) is 4.99. The van der Waals surface area contributed by atoms with E-state index in [-0.39, 0.29) is 0 Å². The van der Waals surface area contributed by atoms with Crippen molar-refractivity contribution in [3.05, 3.63) is 77.7 Å². The minimum Gasteiger partial charge on any atom is -0.465 e. The molecule has 0 aliphatic rings. The van der Waals surface area contributed by atoms with Gasteiger partial charge in [-0.1, -0.05) is 12.1 Å². The largest absolute Gasteiger partial charge is 0.465 e. The molecular weight excluding hydrogens is 366 g/mol. The summed E-state index contributed by atoms with van der Waals surface area (Å²) in [5, 5.41) is 14.3. The zero-order valence-electron chi connectivity index (χ0n) is 15.7. The fraction of sp³-hybridized carbons (Fsp3) is 0.136. The number of rotatable bonds is 5. The van der Waals surface area contributed by atoms with Crippen LogP contribution in [0.15, 0.2) is 61.1 Å². The van der Waals surface area contributed by atoms with Crippen LogP contribution >= 0.6 is 0 Å². The van der Waals surface area contributed by atoms with Gasteiger partial charge >= 0.3 is 5.97 Å². The SMILES string of the molecule is COC(=O)c1ccnc(-c2cc3cnn(CCc4ccc(C#N)cc4)c3cn2)c1. The van der Waals surface area contributed by atoms with Crippen molar-refractivity contribution in [3.63, 3.8) is 0 Å². The van der Waals surface area contributed by atoms with Gasteiger partial charge in [-0.2, -0.15) is 10.4 Å². The van der Waals surface area contributed by atoms with Crippen LogP contribution in [0.5, 0.6) is 0 Å². The van der Waals surface area contributed by atoms with Crippen LogP contribution in [0.2, 0.25) is 0 Å². The number of ether oxygens (including phenoxy) is 1. The first-order chi connectivity index (χ1) is 14.2. The Morgan fingerprint density at radius 2 is 1.90 bits per heavy atom. The van der Waals surface area contributed by atoms with Crippen molar-refractivity contribution >= 4 is 16.9 Å². The van der Waals surface area contributed by atoms with Gasteiger partial charge in [0, 0.05) is 18.1 Å². The van der Waals surface area contributed by atoms with E-state index in [1.807, 2.05) is 35.0 Å². The zero-order chi connectivity index (χ0) is 20.2. The number of carbonyl (C=O) groups excluding carboxylic acids is 1. The van der Waals surface area contributed by atoms with Gasteiger partial charge in [0.25, 0.3) is 0 Å². The second-order valence-electron chi connectivity index (χ2n) is 6.48. The smallest absolute Gasteiger partial charge is 0.337 e.